The molecule has 1 heterocycles. The fourth-order valence-corrected chi connectivity index (χ4v) is 4.93. The fraction of sp³-hybridized carbons (Fsp3) is 0.250. The van der Waals surface area contributed by atoms with Crippen LogP contribution in [0.3, 0.4) is 0 Å². The van der Waals surface area contributed by atoms with Gasteiger partial charge in [0.05, 0.1) is 0 Å². The molecule has 0 saturated carbocycles. The third kappa shape index (κ3) is 4.10. The number of nitrogens with zero attached hydrogens (tertiary/aromatic N) is 1. The van der Waals surface area contributed by atoms with E-state index in [1.807, 2.05) is 0 Å². The van der Waals surface area contributed by atoms with Crippen LogP contribution < -0.4 is 11.5 Å². The maximum absolute atomic E-state index is 12.8. The Morgan fingerprint density at radius 3 is 1.97 bits per heavy atom. The first kappa shape index (κ1) is 22.7. The van der Waals surface area contributed by atoms with Crippen molar-refractivity contribution in [2.24, 2.45) is 17.4 Å². The Labute approximate surface area is 193 Å². The van der Waals surface area contributed by atoms with Gasteiger partial charge in [0.2, 0.25) is 11.8 Å². The number of primary amides is 2. The van der Waals surface area contributed by atoms with Crippen molar-refractivity contribution >= 4 is 64.2 Å². The number of amides is 4. The minimum Gasteiger partial charge on any atom is -0.368 e. The highest BCUT2D eigenvalue weighted by Gasteiger charge is 2.59. The van der Waals surface area contributed by atoms with E-state index in [2.05, 4.69) is 0 Å². The molecular weight excluding hydrogens is 472 g/mol. The molecule has 1 aliphatic heterocycles. The van der Waals surface area contributed by atoms with Crippen molar-refractivity contribution in [2.45, 2.75) is 24.8 Å². The highest BCUT2D eigenvalue weighted by atomic mass is 35.5. The maximum atomic E-state index is 12.8. The summed E-state index contributed by atoms with van der Waals surface area (Å²) < 4.78 is 0. The Kier molecular flexibility index (Phi) is 6.53. The minimum absolute atomic E-state index is 0.108. The van der Waals surface area contributed by atoms with Crippen LogP contribution in [0.15, 0.2) is 36.4 Å². The number of likely N-dealkylation sites (tertiary alicyclic amines) is 1. The van der Waals surface area contributed by atoms with E-state index in [0.717, 1.165) is 4.90 Å². The third-order valence-corrected chi connectivity index (χ3v) is 6.52. The van der Waals surface area contributed by atoms with Crippen LogP contribution in [0.1, 0.15) is 17.5 Å². The molecule has 1 aliphatic rings. The second-order valence-corrected chi connectivity index (χ2v) is 8.80. The number of benzene rings is 2. The lowest BCUT2D eigenvalue weighted by Gasteiger charge is -2.38. The molecule has 158 valence electrons. The molecule has 0 aliphatic carbocycles. The topological polar surface area (TPSA) is 106 Å². The average molecular weight is 489 g/mol. The van der Waals surface area contributed by atoms with E-state index >= 15 is 0 Å². The monoisotopic (exact) mass is 487 g/mol. The summed E-state index contributed by atoms with van der Waals surface area (Å²) in [6.07, 6.45) is -0.0292. The van der Waals surface area contributed by atoms with Gasteiger partial charge >= 0.3 is 6.03 Å². The Morgan fingerprint density at radius 2 is 1.50 bits per heavy atom. The standard InChI is InChI=1S/C20H17Cl4N3O3/c21-13-3-1-10(15(23)7-13)5-12-6-17(28)27(19(26)30)20(12,18(25)29)9-11-2-4-14(22)8-16(11)24/h1-4,7-8,12H,5-6,9H2,(H2,25,29)(H2,26,30). The van der Waals surface area contributed by atoms with Gasteiger partial charge in [-0.15, -0.1) is 0 Å². The summed E-state index contributed by atoms with van der Waals surface area (Å²) in [6, 6.07) is 8.55. The Hall–Kier alpha value is -1.99. The first-order valence-electron chi connectivity index (χ1n) is 8.86. The van der Waals surface area contributed by atoms with E-state index in [-0.39, 0.29) is 24.3 Å². The van der Waals surface area contributed by atoms with Gasteiger partial charge in [-0.3, -0.25) is 9.59 Å². The molecule has 1 fully saturated rings. The summed E-state index contributed by atoms with van der Waals surface area (Å²) in [4.78, 5) is 38.5. The van der Waals surface area contributed by atoms with Crippen LogP contribution in [0.5, 0.6) is 0 Å². The van der Waals surface area contributed by atoms with Crippen molar-refractivity contribution in [1.82, 2.24) is 4.90 Å². The van der Waals surface area contributed by atoms with Crippen molar-refractivity contribution in [3.8, 4) is 0 Å². The summed E-state index contributed by atoms with van der Waals surface area (Å²) in [6.45, 7) is 0. The van der Waals surface area contributed by atoms with Crippen LogP contribution in [-0.2, 0) is 22.4 Å². The van der Waals surface area contributed by atoms with Gasteiger partial charge in [0.1, 0.15) is 5.54 Å². The fourth-order valence-electron chi connectivity index (χ4n) is 3.97. The van der Waals surface area contributed by atoms with E-state index in [1.165, 1.54) is 6.07 Å². The van der Waals surface area contributed by atoms with Crippen molar-refractivity contribution in [3.63, 3.8) is 0 Å². The maximum Gasteiger partial charge on any atom is 0.322 e. The highest BCUT2D eigenvalue weighted by Crippen LogP contribution is 2.42. The lowest BCUT2D eigenvalue weighted by atomic mass is 9.76. The van der Waals surface area contributed by atoms with E-state index in [9.17, 15) is 14.4 Å². The summed E-state index contributed by atoms with van der Waals surface area (Å²) in [7, 11) is 0. The van der Waals surface area contributed by atoms with E-state index in [0.29, 0.717) is 26.2 Å². The van der Waals surface area contributed by atoms with Crippen LogP contribution in [0.25, 0.3) is 0 Å². The number of nitrogens with two attached hydrogens (primary N) is 2. The van der Waals surface area contributed by atoms with Gasteiger partial charge in [-0.2, -0.15) is 0 Å². The second-order valence-electron chi connectivity index (χ2n) is 7.11. The van der Waals surface area contributed by atoms with Gasteiger partial charge < -0.3 is 11.5 Å². The van der Waals surface area contributed by atoms with Crippen LogP contribution >= 0.6 is 46.4 Å². The van der Waals surface area contributed by atoms with Gasteiger partial charge in [0.25, 0.3) is 0 Å². The Balaban J connectivity index is 2.12. The van der Waals surface area contributed by atoms with E-state index in [1.54, 1.807) is 30.3 Å². The van der Waals surface area contributed by atoms with Crippen LogP contribution in [0, 0.1) is 5.92 Å². The number of carbonyl (C=O) groups is 3. The summed E-state index contributed by atoms with van der Waals surface area (Å²) in [5.74, 6) is -2.14. The van der Waals surface area contributed by atoms with Crippen molar-refractivity contribution in [2.75, 3.05) is 0 Å². The van der Waals surface area contributed by atoms with E-state index in [4.69, 9.17) is 57.9 Å². The minimum atomic E-state index is -1.72. The number of hydrogen-bond acceptors (Lipinski definition) is 3. The molecule has 2 atom stereocenters. The SMILES string of the molecule is NC(=O)N1C(=O)CC(Cc2ccc(Cl)cc2Cl)C1(Cc1ccc(Cl)cc1Cl)C(N)=O. The third-order valence-electron chi connectivity index (χ3n) is 5.35. The molecule has 0 radical (unpaired) electrons. The molecule has 2 aromatic carbocycles. The molecule has 4 amide bonds. The van der Waals surface area contributed by atoms with E-state index < -0.39 is 29.3 Å². The first-order valence-corrected chi connectivity index (χ1v) is 10.4. The molecule has 0 bridgehead atoms. The summed E-state index contributed by atoms with van der Waals surface area (Å²) in [5.41, 5.74) is 10.7. The molecule has 30 heavy (non-hydrogen) atoms. The van der Waals surface area contributed by atoms with Gasteiger partial charge in [-0.25, -0.2) is 9.69 Å². The second kappa shape index (κ2) is 8.63. The molecule has 10 heteroatoms. The molecule has 6 nitrogen and oxygen atoms in total. The number of hydrogen-bond donors (Lipinski definition) is 2. The van der Waals surface area contributed by atoms with Gasteiger partial charge in [-0.05, 0) is 41.8 Å². The molecular formula is C20H17Cl4N3O3. The highest BCUT2D eigenvalue weighted by molar-refractivity contribution is 6.35. The zero-order chi connectivity index (χ0) is 22.2. The summed E-state index contributed by atoms with van der Waals surface area (Å²) >= 11 is 24.5. The zero-order valence-electron chi connectivity index (χ0n) is 15.5. The molecule has 4 N–H and O–H groups in total. The molecule has 3 rings (SSSR count). The molecule has 0 aromatic heterocycles. The normalized spacial score (nSPS) is 21.1. The zero-order valence-corrected chi connectivity index (χ0v) is 18.5. The van der Waals surface area contributed by atoms with Gasteiger partial charge in [-0.1, -0.05) is 58.5 Å². The van der Waals surface area contributed by atoms with Crippen LogP contribution in [0.4, 0.5) is 4.79 Å². The first-order chi connectivity index (χ1) is 14.1. The number of urea groups is 1. The number of carbonyl (C=O) groups excluding carboxylic acids is 3. The van der Waals surface area contributed by atoms with Crippen molar-refractivity contribution in [1.29, 1.82) is 0 Å². The number of rotatable bonds is 5. The summed E-state index contributed by atoms with van der Waals surface area (Å²) in [5, 5.41) is 1.49. The van der Waals surface area contributed by atoms with Crippen LogP contribution in [-0.4, -0.2) is 28.3 Å². The number of imide groups is 1. The molecule has 1 saturated heterocycles. The van der Waals surface area contributed by atoms with Gasteiger partial charge in [0, 0.05) is 38.9 Å². The van der Waals surface area contributed by atoms with Crippen LogP contribution in [0.2, 0.25) is 20.1 Å². The Morgan fingerprint density at radius 1 is 0.967 bits per heavy atom. The van der Waals surface area contributed by atoms with Gasteiger partial charge in [0.15, 0.2) is 0 Å². The number of halogens is 4. The Bertz CT molecular complexity index is 1050. The predicted molar refractivity (Wildman–Crippen MR) is 117 cm³/mol. The van der Waals surface area contributed by atoms with Crippen molar-refractivity contribution < 1.29 is 14.4 Å². The predicted octanol–water partition coefficient (Wildman–Crippen LogP) is 4.24. The lowest BCUT2D eigenvalue weighted by molar-refractivity contribution is -0.136. The quantitative estimate of drug-likeness (QED) is 0.657. The largest absolute Gasteiger partial charge is 0.368 e. The smallest absolute Gasteiger partial charge is 0.322 e. The molecule has 2 unspecified atom stereocenters. The average Bonchev–Trinajstić information content (AvgIpc) is 2.92. The molecule has 2 aromatic rings. The van der Waals surface area contributed by atoms with Crippen molar-refractivity contribution in [3.05, 3.63) is 67.6 Å². The lowest BCUT2D eigenvalue weighted by Crippen LogP contribution is -2.63. The molecule has 0 spiro atoms.